The highest BCUT2D eigenvalue weighted by Crippen LogP contribution is 2.35. The summed E-state index contributed by atoms with van der Waals surface area (Å²) < 4.78 is 10.6. The fourth-order valence-electron chi connectivity index (χ4n) is 3.87. The summed E-state index contributed by atoms with van der Waals surface area (Å²) in [5.41, 5.74) is 4.04. The molecule has 1 aromatic heterocycles. The fraction of sp³-hybridized carbons (Fsp3) is 0.250. The molecular weight excluding hydrogens is 364 g/mol. The topological polar surface area (TPSA) is 68.1 Å². The summed E-state index contributed by atoms with van der Waals surface area (Å²) in [5, 5.41) is 3.83. The minimum absolute atomic E-state index is 0.0712. The van der Waals surface area contributed by atoms with E-state index >= 15 is 0 Å². The van der Waals surface area contributed by atoms with Crippen LogP contribution in [0.25, 0.3) is 22.5 Å². The highest BCUT2D eigenvalue weighted by molar-refractivity contribution is 5.80. The maximum Gasteiger partial charge on any atom is 0.439 e. The van der Waals surface area contributed by atoms with Gasteiger partial charge in [0.2, 0.25) is 0 Å². The van der Waals surface area contributed by atoms with Crippen LogP contribution in [0.4, 0.5) is 0 Å². The second kappa shape index (κ2) is 8.05. The molecule has 0 aliphatic heterocycles. The summed E-state index contributed by atoms with van der Waals surface area (Å²) in [4.78, 5) is 14.0. The highest BCUT2D eigenvalue weighted by atomic mass is 16.5. The zero-order chi connectivity index (χ0) is 20.3. The van der Waals surface area contributed by atoms with Gasteiger partial charge in [0.1, 0.15) is 0 Å². The number of aromatic amines is 1. The standard InChI is InChI=1S/C24H24N2O3/c1-3-28-21-10-6-7-15-24(21,2)16-17-11-13-18(14-12-17)19-8-4-5-9-20(19)22-25-23(27)29-26-22/h4-15,21H,3,16H2,1-2H3,(H,25,26,27). The Morgan fingerprint density at radius 2 is 1.86 bits per heavy atom. The Morgan fingerprint density at radius 3 is 2.55 bits per heavy atom. The van der Waals surface area contributed by atoms with E-state index in [2.05, 4.69) is 70.2 Å². The number of allylic oxidation sites excluding steroid dienone is 2. The molecule has 5 heteroatoms. The molecule has 5 nitrogen and oxygen atoms in total. The van der Waals surface area contributed by atoms with Crippen LogP contribution in [0.3, 0.4) is 0 Å². The zero-order valence-electron chi connectivity index (χ0n) is 16.6. The molecule has 2 aromatic carbocycles. The molecular formula is C24H24N2O3. The molecule has 0 fully saturated rings. The second-order valence-electron chi connectivity index (χ2n) is 7.49. The van der Waals surface area contributed by atoms with Crippen molar-refractivity contribution in [2.75, 3.05) is 6.61 Å². The normalized spacial score (nSPS) is 20.8. The molecule has 3 aromatic rings. The molecule has 148 valence electrons. The van der Waals surface area contributed by atoms with E-state index in [1.165, 1.54) is 5.56 Å². The van der Waals surface area contributed by atoms with Gasteiger partial charge in [-0.1, -0.05) is 84.9 Å². The molecule has 2 unspecified atom stereocenters. The number of nitrogens with zero attached hydrogens (tertiary/aromatic N) is 1. The van der Waals surface area contributed by atoms with E-state index in [1.807, 2.05) is 31.2 Å². The SMILES string of the molecule is CCOC1C=CC=CC1(C)Cc1ccc(-c2ccccc2-c2noc(=O)[nH]2)cc1. The van der Waals surface area contributed by atoms with Crippen LogP contribution in [0.1, 0.15) is 19.4 Å². The van der Waals surface area contributed by atoms with Crippen LogP contribution >= 0.6 is 0 Å². The van der Waals surface area contributed by atoms with E-state index in [0.29, 0.717) is 12.4 Å². The Kier molecular flexibility index (Phi) is 5.32. The molecule has 1 heterocycles. The third-order valence-electron chi connectivity index (χ3n) is 5.34. The molecule has 0 spiro atoms. The number of hydrogen-bond donors (Lipinski definition) is 1. The first-order chi connectivity index (χ1) is 14.1. The van der Waals surface area contributed by atoms with Crippen molar-refractivity contribution in [1.82, 2.24) is 10.1 Å². The average molecular weight is 388 g/mol. The molecule has 0 saturated carbocycles. The molecule has 0 radical (unpaired) electrons. The van der Waals surface area contributed by atoms with Gasteiger partial charge < -0.3 is 4.74 Å². The molecule has 0 bridgehead atoms. The van der Waals surface area contributed by atoms with Crippen molar-refractivity contribution in [3.05, 3.63) is 88.9 Å². The molecule has 1 aliphatic carbocycles. The van der Waals surface area contributed by atoms with Crippen LogP contribution in [-0.2, 0) is 11.2 Å². The number of benzene rings is 2. The third-order valence-corrected chi connectivity index (χ3v) is 5.34. The zero-order valence-corrected chi connectivity index (χ0v) is 16.6. The van der Waals surface area contributed by atoms with Gasteiger partial charge in [-0.25, -0.2) is 4.79 Å². The molecule has 0 saturated heterocycles. The third kappa shape index (κ3) is 4.00. The first kappa shape index (κ1) is 19.2. The van der Waals surface area contributed by atoms with Gasteiger partial charge in [-0.15, -0.1) is 0 Å². The smallest absolute Gasteiger partial charge is 0.374 e. The van der Waals surface area contributed by atoms with Gasteiger partial charge in [0, 0.05) is 17.6 Å². The van der Waals surface area contributed by atoms with E-state index in [9.17, 15) is 4.79 Å². The van der Waals surface area contributed by atoms with Crippen molar-refractivity contribution in [2.45, 2.75) is 26.4 Å². The molecule has 4 rings (SSSR count). The van der Waals surface area contributed by atoms with E-state index in [4.69, 9.17) is 4.74 Å². The number of rotatable bonds is 6. The highest BCUT2D eigenvalue weighted by Gasteiger charge is 2.32. The second-order valence-corrected chi connectivity index (χ2v) is 7.49. The van der Waals surface area contributed by atoms with Crippen LogP contribution in [0, 0.1) is 5.41 Å². The Balaban J connectivity index is 1.60. The fourth-order valence-corrected chi connectivity index (χ4v) is 3.87. The molecule has 29 heavy (non-hydrogen) atoms. The number of hydrogen-bond acceptors (Lipinski definition) is 4. The predicted molar refractivity (Wildman–Crippen MR) is 114 cm³/mol. The van der Waals surface area contributed by atoms with Crippen LogP contribution in [0.15, 0.2) is 82.2 Å². The van der Waals surface area contributed by atoms with E-state index in [-0.39, 0.29) is 11.5 Å². The van der Waals surface area contributed by atoms with Crippen LogP contribution < -0.4 is 5.76 Å². The number of nitrogens with one attached hydrogen (secondary N) is 1. The monoisotopic (exact) mass is 388 g/mol. The Hall–Kier alpha value is -3.18. The summed E-state index contributed by atoms with van der Waals surface area (Å²) in [5.74, 6) is -0.127. The maximum atomic E-state index is 11.3. The molecule has 2 atom stereocenters. The summed E-state index contributed by atoms with van der Waals surface area (Å²) in [6, 6.07) is 16.3. The van der Waals surface area contributed by atoms with Crippen molar-refractivity contribution in [3.8, 4) is 22.5 Å². The lowest BCUT2D eigenvalue weighted by atomic mass is 9.76. The summed E-state index contributed by atoms with van der Waals surface area (Å²) in [7, 11) is 0. The molecule has 0 amide bonds. The predicted octanol–water partition coefficient (Wildman–Crippen LogP) is 4.78. The Bertz CT molecular complexity index is 1090. The van der Waals surface area contributed by atoms with Crippen molar-refractivity contribution in [2.24, 2.45) is 5.41 Å². The maximum absolute atomic E-state index is 11.3. The summed E-state index contributed by atoms with van der Waals surface area (Å²) >= 11 is 0. The van der Waals surface area contributed by atoms with E-state index in [1.54, 1.807) is 0 Å². The number of H-pyrrole nitrogens is 1. The van der Waals surface area contributed by atoms with Crippen molar-refractivity contribution < 1.29 is 9.26 Å². The summed E-state index contributed by atoms with van der Waals surface area (Å²) in [6.45, 7) is 4.96. The van der Waals surface area contributed by atoms with Crippen LogP contribution in [-0.4, -0.2) is 22.9 Å². The largest absolute Gasteiger partial charge is 0.439 e. The minimum atomic E-state index is -0.558. The lowest BCUT2D eigenvalue weighted by molar-refractivity contribution is 0.0264. The van der Waals surface area contributed by atoms with Crippen molar-refractivity contribution in [3.63, 3.8) is 0 Å². The quantitative estimate of drug-likeness (QED) is 0.660. The van der Waals surface area contributed by atoms with Gasteiger partial charge in [-0.3, -0.25) is 9.51 Å². The van der Waals surface area contributed by atoms with Gasteiger partial charge in [0.25, 0.3) is 0 Å². The van der Waals surface area contributed by atoms with Gasteiger partial charge in [-0.05, 0) is 30.0 Å². The Morgan fingerprint density at radius 1 is 1.10 bits per heavy atom. The molecule has 1 N–H and O–H groups in total. The van der Waals surface area contributed by atoms with Crippen molar-refractivity contribution in [1.29, 1.82) is 0 Å². The molecule has 1 aliphatic rings. The van der Waals surface area contributed by atoms with Gasteiger partial charge in [0.15, 0.2) is 5.82 Å². The van der Waals surface area contributed by atoms with Gasteiger partial charge >= 0.3 is 5.76 Å². The van der Waals surface area contributed by atoms with Crippen LogP contribution in [0.5, 0.6) is 0 Å². The number of aromatic nitrogens is 2. The number of ether oxygens (including phenoxy) is 1. The first-order valence-electron chi connectivity index (χ1n) is 9.81. The average Bonchev–Trinajstić information content (AvgIpc) is 3.17. The van der Waals surface area contributed by atoms with Crippen LogP contribution in [0.2, 0.25) is 0 Å². The van der Waals surface area contributed by atoms with Crippen molar-refractivity contribution >= 4 is 0 Å². The van der Waals surface area contributed by atoms with Gasteiger partial charge in [-0.2, -0.15) is 0 Å². The van der Waals surface area contributed by atoms with E-state index < -0.39 is 5.76 Å². The Labute approximate surface area is 169 Å². The van der Waals surface area contributed by atoms with E-state index in [0.717, 1.165) is 23.1 Å². The lowest BCUT2D eigenvalue weighted by Gasteiger charge is -2.35. The first-order valence-corrected chi connectivity index (χ1v) is 9.81. The lowest BCUT2D eigenvalue weighted by Crippen LogP contribution is -2.34. The van der Waals surface area contributed by atoms with Gasteiger partial charge in [0.05, 0.1) is 6.10 Å². The minimum Gasteiger partial charge on any atom is -0.374 e. The summed E-state index contributed by atoms with van der Waals surface area (Å²) in [6.07, 6.45) is 9.47.